The maximum absolute atomic E-state index is 12.4. The smallest absolute Gasteiger partial charge is 0.308 e. The first kappa shape index (κ1) is 21.3. The Hall–Kier alpha value is -3.41. The molecular weight excluding hydrogens is 380 g/mol. The van der Waals surface area contributed by atoms with Crippen LogP contribution < -0.4 is 5.32 Å². The van der Waals surface area contributed by atoms with Crippen molar-refractivity contribution in [3.8, 4) is 0 Å². The van der Waals surface area contributed by atoms with Gasteiger partial charge in [-0.15, -0.1) is 0 Å². The van der Waals surface area contributed by atoms with Crippen molar-refractivity contribution in [1.82, 2.24) is 4.90 Å². The molecule has 2 amide bonds. The molecule has 0 saturated heterocycles. The van der Waals surface area contributed by atoms with Gasteiger partial charge in [-0.25, -0.2) is 0 Å². The first-order valence-electron chi connectivity index (χ1n) is 9.96. The van der Waals surface area contributed by atoms with Gasteiger partial charge in [0.05, 0.1) is 12.5 Å². The molecule has 0 unspecified atom stereocenters. The second kappa shape index (κ2) is 9.39. The van der Waals surface area contributed by atoms with Gasteiger partial charge in [-0.3, -0.25) is 14.4 Å². The number of esters is 1. The fourth-order valence-corrected chi connectivity index (χ4v) is 3.42. The molecule has 0 saturated carbocycles. The van der Waals surface area contributed by atoms with Crippen LogP contribution in [0, 0.1) is 0 Å². The van der Waals surface area contributed by atoms with Crippen LogP contribution in [0.4, 0.5) is 5.69 Å². The summed E-state index contributed by atoms with van der Waals surface area (Å²) in [5, 5.41) is 2.72. The Morgan fingerprint density at radius 2 is 1.77 bits per heavy atom. The van der Waals surface area contributed by atoms with E-state index in [0.29, 0.717) is 11.6 Å². The Balaban J connectivity index is 1.57. The Morgan fingerprint density at radius 3 is 2.43 bits per heavy atom. The minimum atomic E-state index is -0.540. The number of benzene rings is 2. The van der Waals surface area contributed by atoms with Gasteiger partial charge >= 0.3 is 5.97 Å². The molecule has 0 bridgehead atoms. The van der Waals surface area contributed by atoms with Crippen molar-refractivity contribution < 1.29 is 19.1 Å². The van der Waals surface area contributed by atoms with Gasteiger partial charge in [-0.1, -0.05) is 50.2 Å². The first-order valence-corrected chi connectivity index (χ1v) is 9.96. The summed E-state index contributed by atoms with van der Waals surface area (Å²) < 4.78 is 5.17. The van der Waals surface area contributed by atoms with Gasteiger partial charge in [0, 0.05) is 18.8 Å². The minimum absolute atomic E-state index is 0.0305. The van der Waals surface area contributed by atoms with E-state index in [9.17, 15) is 14.4 Å². The van der Waals surface area contributed by atoms with Crippen molar-refractivity contribution in [3.05, 3.63) is 71.4 Å². The molecule has 0 radical (unpaired) electrons. The van der Waals surface area contributed by atoms with Crippen LogP contribution in [-0.4, -0.2) is 29.3 Å². The number of rotatable bonds is 6. The highest BCUT2D eigenvalue weighted by molar-refractivity contribution is 5.92. The predicted molar refractivity (Wildman–Crippen MR) is 115 cm³/mol. The molecular formula is C24H26N2O4. The standard InChI is InChI=1S/C24H26N2O4/c1-16(2)18-8-10-20(11-9-18)25-23(28)15-30-24(29)14-22-21-7-5-4-6-19(21)12-13-26(22)17(3)27/h4-13,16,22H,14-15H2,1-3H3,(H,25,28)/t22-/m1/s1. The van der Waals surface area contributed by atoms with Crippen molar-refractivity contribution in [2.45, 2.75) is 39.2 Å². The molecule has 2 aromatic carbocycles. The van der Waals surface area contributed by atoms with Crippen molar-refractivity contribution in [1.29, 1.82) is 0 Å². The van der Waals surface area contributed by atoms with Crippen LogP contribution in [0.3, 0.4) is 0 Å². The maximum atomic E-state index is 12.4. The number of hydrogen-bond acceptors (Lipinski definition) is 4. The molecule has 0 fully saturated rings. The summed E-state index contributed by atoms with van der Waals surface area (Å²) in [5.74, 6) is -0.708. The SMILES string of the molecule is CC(=O)N1C=Cc2ccccc2[C@H]1CC(=O)OCC(=O)Nc1ccc(C(C)C)cc1. The van der Waals surface area contributed by atoms with E-state index in [4.69, 9.17) is 4.74 Å². The molecule has 3 rings (SSSR count). The average molecular weight is 406 g/mol. The molecule has 1 N–H and O–H groups in total. The molecule has 6 nitrogen and oxygen atoms in total. The third-order valence-corrected chi connectivity index (χ3v) is 5.05. The molecule has 2 aromatic rings. The highest BCUT2D eigenvalue weighted by Crippen LogP contribution is 2.33. The summed E-state index contributed by atoms with van der Waals surface area (Å²) >= 11 is 0. The van der Waals surface area contributed by atoms with Gasteiger partial charge in [0.2, 0.25) is 5.91 Å². The Kier molecular flexibility index (Phi) is 6.67. The molecule has 156 valence electrons. The Labute approximate surface area is 176 Å². The fraction of sp³-hybridized carbons (Fsp3) is 0.292. The van der Waals surface area contributed by atoms with Gasteiger partial charge in [0.1, 0.15) is 0 Å². The quantitative estimate of drug-likeness (QED) is 0.728. The Morgan fingerprint density at radius 1 is 1.07 bits per heavy atom. The summed E-state index contributed by atoms with van der Waals surface area (Å²) in [5.41, 5.74) is 3.66. The van der Waals surface area contributed by atoms with Crippen LogP contribution in [0.1, 0.15) is 55.8 Å². The monoisotopic (exact) mass is 406 g/mol. The van der Waals surface area contributed by atoms with Crippen molar-refractivity contribution >= 4 is 29.5 Å². The van der Waals surface area contributed by atoms with E-state index >= 15 is 0 Å². The van der Waals surface area contributed by atoms with E-state index < -0.39 is 17.9 Å². The van der Waals surface area contributed by atoms with E-state index in [1.54, 1.807) is 6.20 Å². The Bertz CT molecular complexity index is 963. The second-order valence-corrected chi connectivity index (χ2v) is 7.58. The number of nitrogens with zero attached hydrogens (tertiary/aromatic N) is 1. The summed E-state index contributed by atoms with van der Waals surface area (Å²) in [4.78, 5) is 38.0. The van der Waals surface area contributed by atoms with Crippen molar-refractivity contribution in [2.75, 3.05) is 11.9 Å². The van der Waals surface area contributed by atoms with Crippen LogP contribution in [0.5, 0.6) is 0 Å². The summed E-state index contributed by atoms with van der Waals surface area (Å²) in [6, 6.07) is 14.7. The lowest BCUT2D eigenvalue weighted by Crippen LogP contribution is -2.33. The average Bonchev–Trinajstić information content (AvgIpc) is 2.72. The van der Waals surface area contributed by atoms with E-state index in [2.05, 4.69) is 19.2 Å². The van der Waals surface area contributed by atoms with E-state index in [-0.39, 0.29) is 18.9 Å². The van der Waals surface area contributed by atoms with Gasteiger partial charge in [-0.05, 0) is 40.8 Å². The summed E-state index contributed by atoms with van der Waals surface area (Å²) in [6.07, 6.45) is 3.49. The maximum Gasteiger partial charge on any atom is 0.308 e. The molecule has 1 aliphatic rings. The number of ether oxygens (including phenoxy) is 1. The minimum Gasteiger partial charge on any atom is -0.455 e. The number of anilines is 1. The van der Waals surface area contributed by atoms with E-state index in [0.717, 1.165) is 11.1 Å². The molecule has 30 heavy (non-hydrogen) atoms. The van der Waals surface area contributed by atoms with Crippen LogP contribution in [0.15, 0.2) is 54.7 Å². The summed E-state index contributed by atoms with van der Waals surface area (Å²) in [6.45, 7) is 5.27. The predicted octanol–water partition coefficient (Wildman–Crippen LogP) is 4.26. The number of carbonyl (C=O) groups is 3. The zero-order chi connectivity index (χ0) is 21.7. The van der Waals surface area contributed by atoms with Crippen molar-refractivity contribution in [2.24, 2.45) is 0 Å². The van der Waals surface area contributed by atoms with Crippen LogP contribution >= 0.6 is 0 Å². The molecule has 6 heteroatoms. The highest BCUT2D eigenvalue weighted by Gasteiger charge is 2.28. The molecule has 0 spiro atoms. The van der Waals surface area contributed by atoms with E-state index in [1.165, 1.54) is 17.4 Å². The number of amides is 2. The van der Waals surface area contributed by atoms with Gasteiger partial charge < -0.3 is 15.0 Å². The fourth-order valence-electron chi connectivity index (χ4n) is 3.42. The van der Waals surface area contributed by atoms with Crippen molar-refractivity contribution in [3.63, 3.8) is 0 Å². The van der Waals surface area contributed by atoms with Crippen LogP contribution in [0.2, 0.25) is 0 Å². The third-order valence-electron chi connectivity index (χ3n) is 5.05. The van der Waals surface area contributed by atoms with Gasteiger partial charge in [-0.2, -0.15) is 0 Å². The third kappa shape index (κ3) is 5.14. The van der Waals surface area contributed by atoms with Gasteiger partial charge in [0.25, 0.3) is 5.91 Å². The zero-order valence-electron chi connectivity index (χ0n) is 17.4. The first-order chi connectivity index (χ1) is 14.3. The normalized spacial score (nSPS) is 14.9. The number of nitrogens with one attached hydrogen (secondary N) is 1. The number of fused-ring (bicyclic) bond motifs is 1. The molecule has 0 aliphatic carbocycles. The lowest BCUT2D eigenvalue weighted by atomic mass is 9.94. The highest BCUT2D eigenvalue weighted by atomic mass is 16.5. The number of hydrogen-bond donors (Lipinski definition) is 1. The van der Waals surface area contributed by atoms with Gasteiger partial charge in [0.15, 0.2) is 6.61 Å². The lowest BCUT2D eigenvalue weighted by molar-refractivity contribution is -0.149. The molecule has 1 aliphatic heterocycles. The largest absolute Gasteiger partial charge is 0.455 e. The molecule has 0 aromatic heterocycles. The van der Waals surface area contributed by atoms with E-state index in [1.807, 2.05) is 54.6 Å². The van der Waals surface area contributed by atoms with Crippen LogP contribution in [0.25, 0.3) is 6.08 Å². The summed E-state index contributed by atoms with van der Waals surface area (Å²) in [7, 11) is 0. The topological polar surface area (TPSA) is 75.7 Å². The lowest BCUT2D eigenvalue weighted by Gasteiger charge is -2.32. The van der Waals surface area contributed by atoms with Crippen LogP contribution in [-0.2, 0) is 19.1 Å². The zero-order valence-corrected chi connectivity index (χ0v) is 17.4. The molecule has 1 heterocycles. The molecule has 1 atom stereocenters. The number of carbonyl (C=O) groups excluding carboxylic acids is 3. The second-order valence-electron chi connectivity index (χ2n) is 7.58.